The molecule has 0 radical (unpaired) electrons. The molecule has 3 rings (SSSR count). The first kappa shape index (κ1) is 23.5. The molecule has 0 aromatic heterocycles. The van der Waals surface area contributed by atoms with E-state index in [1.54, 1.807) is 5.57 Å². The van der Waals surface area contributed by atoms with Crippen molar-refractivity contribution in [2.45, 2.75) is 105 Å². The molecule has 0 saturated heterocycles. The van der Waals surface area contributed by atoms with Gasteiger partial charge in [-0.1, -0.05) is 58.9 Å². The molecular weight excluding hydrogens is 368 g/mol. The fraction of sp³-hybridized carbons (Fsp3) is 0.750. The SMILES string of the molecule is C=C1/C(=C\C=C2/CCC[C@]3(C)[C@@H]([C@H](C)CCC(=O)C(C)(C)C)CC[C@@H]23)CCCC1O. The van der Waals surface area contributed by atoms with E-state index in [-0.39, 0.29) is 11.5 Å². The van der Waals surface area contributed by atoms with Crippen LogP contribution in [0.5, 0.6) is 0 Å². The smallest absolute Gasteiger partial charge is 0.138 e. The van der Waals surface area contributed by atoms with Crippen LogP contribution in [0.15, 0.2) is 35.5 Å². The summed E-state index contributed by atoms with van der Waals surface area (Å²) in [6.45, 7) is 15.2. The summed E-state index contributed by atoms with van der Waals surface area (Å²) in [6.07, 6.45) is 15.4. The summed E-state index contributed by atoms with van der Waals surface area (Å²) >= 11 is 0. The first-order valence-electron chi connectivity index (χ1n) is 12.3. The van der Waals surface area contributed by atoms with Gasteiger partial charge in [0.15, 0.2) is 0 Å². The maximum absolute atomic E-state index is 12.4. The average Bonchev–Trinajstić information content (AvgIpc) is 3.03. The summed E-state index contributed by atoms with van der Waals surface area (Å²) in [5, 5.41) is 10.1. The Morgan fingerprint density at radius 2 is 1.93 bits per heavy atom. The molecule has 1 unspecified atom stereocenters. The van der Waals surface area contributed by atoms with Crippen molar-refractivity contribution in [3.63, 3.8) is 0 Å². The van der Waals surface area contributed by atoms with Gasteiger partial charge in [0.2, 0.25) is 0 Å². The van der Waals surface area contributed by atoms with E-state index in [4.69, 9.17) is 0 Å². The van der Waals surface area contributed by atoms with Gasteiger partial charge in [0.05, 0.1) is 6.10 Å². The molecular formula is C28H44O2. The number of aliphatic hydroxyl groups is 1. The first-order chi connectivity index (χ1) is 14.0. The quantitative estimate of drug-likeness (QED) is 0.519. The second-order valence-corrected chi connectivity index (χ2v) is 11.7. The Hall–Kier alpha value is -1.15. The highest BCUT2D eigenvalue weighted by atomic mass is 16.3. The van der Waals surface area contributed by atoms with Gasteiger partial charge in [-0.25, -0.2) is 0 Å². The molecule has 0 bridgehead atoms. The van der Waals surface area contributed by atoms with Gasteiger partial charge in [0.1, 0.15) is 5.78 Å². The molecule has 0 aliphatic heterocycles. The summed E-state index contributed by atoms with van der Waals surface area (Å²) in [6, 6.07) is 0. The van der Waals surface area contributed by atoms with Crippen LogP contribution in [0.2, 0.25) is 0 Å². The lowest BCUT2D eigenvalue weighted by molar-refractivity contribution is -0.126. The molecule has 168 valence electrons. The number of hydrogen-bond acceptors (Lipinski definition) is 2. The number of carbonyl (C=O) groups excluding carboxylic acids is 1. The molecule has 3 aliphatic carbocycles. The third-order valence-electron chi connectivity index (χ3n) is 8.63. The predicted octanol–water partition coefficient (Wildman–Crippen LogP) is 7.19. The number of ketones is 1. The van der Waals surface area contributed by atoms with Crippen molar-refractivity contribution in [1.82, 2.24) is 0 Å². The van der Waals surface area contributed by atoms with Crippen LogP contribution in [0.4, 0.5) is 0 Å². The van der Waals surface area contributed by atoms with Crippen molar-refractivity contribution in [3.05, 3.63) is 35.5 Å². The second kappa shape index (κ2) is 9.15. The molecule has 5 atom stereocenters. The molecule has 0 spiro atoms. The van der Waals surface area contributed by atoms with Crippen LogP contribution in [-0.2, 0) is 4.79 Å². The summed E-state index contributed by atoms with van der Waals surface area (Å²) in [5.41, 5.74) is 3.95. The lowest BCUT2D eigenvalue weighted by atomic mass is 9.60. The second-order valence-electron chi connectivity index (χ2n) is 11.7. The van der Waals surface area contributed by atoms with E-state index in [0.717, 1.165) is 43.6 Å². The van der Waals surface area contributed by atoms with Crippen molar-refractivity contribution < 1.29 is 9.90 Å². The fourth-order valence-electron chi connectivity index (χ4n) is 6.58. The van der Waals surface area contributed by atoms with E-state index in [9.17, 15) is 9.90 Å². The van der Waals surface area contributed by atoms with Gasteiger partial charge < -0.3 is 5.11 Å². The topological polar surface area (TPSA) is 37.3 Å². The third-order valence-corrected chi connectivity index (χ3v) is 8.63. The van der Waals surface area contributed by atoms with Crippen LogP contribution in [0.3, 0.4) is 0 Å². The normalized spacial score (nSPS) is 36.2. The summed E-state index contributed by atoms with van der Waals surface area (Å²) in [4.78, 5) is 12.4. The van der Waals surface area contributed by atoms with Crippen molar-refractivity contribution >= 4 is 5.78 Å². The van der Waals surface area contributed by atoms with Crippen LogP contribution in [0.25, 0.3) is 0 Å². The molecule has 3 fully saturated rings. The number of rotatable bonds is 5. The average molecular weight is 413 g/mol. The van der Waals surface area contributed by atoms with Gasteiger partial charge in [0, 0.05) is 11.8 Å². The molecule has 2 nitrogen and oxygen atoms in total. The number of aliphatic hydroxyl groups excluding tert-OH is 1. The van der Waals surface area contributed by atoms with Crippen molar-refractivity contribution in [3.8, 4) is 0 Å². The number of carbonyl (C=O) groups is 1. The Kier molecular flexibility index (Phi) is 7.17. The zero-order chi connectivity index (χ0) is 22.1. The molecule has 0 heterocycles. The lowest BCUT2D eigenvalue weighted by Crippen LogP contribution is -2.36. The maximum atomic E-state index is 12.4. The molecule has 30 heavy (non-hydrogen) atoms. The predicted molar refractivity (Wildman–Crippen MR) is 126 cm³/mol. The van der Waals surface area contributed by atoms with Gasteiger partial charge in [-0.3, -0.25) is 4.79 Å². The summed E-state index contributed by atoms with van der Waals surface area (Å²) in [5.74, 6) is 2.41. The monoisotopic (exact) mass is 412 g/mol. The van der Waals surface area contributed by atoms with Gasteiger partial charge in [-0.2, -0.15) is 0 Å². The molecule has 0 aromatic rings. The molecule has 2 heteroatoms. The van der Waals surface area contributed by atoms with E-state index in [1.807, 2.05) is 20.8 Å². The van der Waals surface area contributed by atoms with E-state index >= 15 is 0 Å². The molecule has 3 saturated carbocycles. The van der Waals surface area contributed by atoms with Gasteiger partial charge in [0.25, 0.3) is 0 Å². The zero-order valence-corrected chi connectivity index (χ0v) is 20.1. The highest BCUT2D eigenvalue weighted by molar-refractivity contribution is 5.83. The van der Waals surface area contributed by atoms with Crippen molar-refractivity contribution in [2.24, 2.45) is 28.6 Å². The van der Waals surface area contributed by atoms with Crippen molar-refractivity contribution in [2.75, 3.05) is 0 Å². The molecule has 0 amide bonds. The Morgan fingerprint density at radius 1 is 1.20 bits per heavy atom. The van der Waals surface area contributed by atoms with Gasteiger partial charge in [-0.15, -0.1) is 0 Å². The fourth-order valence-corrected chi connectivity index (χ4v) is 6.58. The highest BCUT2D eigenvalue weighted by Crippen LogP contribution is 2.60. The first-order valence-corrected chi connectivity index (χ1v) is 12.3. The van der Waals surface area contributed by atoms with Gasteiger partial charge in [-0.05, 0) is 92.1 Å². The van der Waals surface area contributed by atoms with E-state index in [0.29, 0.717) is 23.0 Å². The minimum absolute atomic E-state index is 0.215. The standard InChI is InChI=1S/C28H44O2/c1-19(12-17-26(30)27(3,4)5)23-15-16-24-22(10-8-18-28(23,24)6)14-13-21-9-7-11-25(29)20(21)2/h13-14,19,23-25,29H,2,7-12,15-18H2,1,3-6H3/b21-13-,22-14+/t19-,23-,24+,25?,28-/m1/s1. The third kappa shape index (κ3) is 4.85. The Morgan fingerprint density at radius 3 is 2.63 bits per heavy atom. The van der Waals surface area contributed by atoms with Crippen molar-refractivity contribution in [1.29, 1.82) is 0 Å². The van der Waals surface area contributed by atoms with Crippen LogP contribution in [0, 0.1) is 28.6 Å². The van der Waals surface area contributed by atoms with Crippen LogP contribution in [-0.4, -0.2) is 17.0 Å². The number of Topliss-reactive ketones (excluding diaryl/α,β-unsaturated/α-hetero) is 1. The zero-order valence-electron chi connectivity index (χ0n) is 20.1. The minimum atomic E-state index is -0.354. The van der Waals surface area contributed by atoms with E-state index in [2.05, 4.69) is 32.6 Å². The summed E-state index contributed by atoms with van der Waals surface area (Å²) < 4.78 is 0. The van der Waals surface area contributed by atoms with Crippen LogP contribution < -0.4 is 0 Å². The minimum Gasteiger partial charge on any atom is -0.388 e. The maximum Gasteiger partial charge on any atom is 0.138 e. The summed E-state index contributed by atoms with van der Waals surface area (Å²) in [7, 11) is 0. The number of hydrogen-bond donors (Lipinski definition) is 1. The Labute approximate surface area is 184 Å². The largest absolute Gasteiger partial charge is 0.388 e. The Bertz CT molecular complexity index is 719. The number of fused-ring (bicyclic) bond motifs is 1. The van der Waals surface area contributed by atoms with Crippen LogP contribution >= 0.6 is 0 Å². The Balaban J connectivity index is 1.70. The highest BCUT2D eigenvalue weighted by Gasteiger charge is 2.50. The van der Waals surface area contributed by atoms with E-state index in [1.165, 1.54) is 37.7 Å². The lowest BCUT2D eigenvalue weighted by Gasteiger charge is -2.44. The molecule has 0 aromatic carbocycles. The number of allylic oxidation sites excluding steroid dienone is 3. The molecule has 3 aliphatic rings. The van der Waals surface area contributed by atoms with Crippen LogP contribution in [0.1, 0.15) is 98.8 Å². The van der Waals surface area contributed by atoms with E-state index < -0.39 is 0 Å². The van der Waals surface area contributed by atoms with Gasteiger partial charge >= 0.3 is 0 Å². The molecule has 1 N–H and O–H groups in total.